The number of carbonyl (C=O) groups is 1. The Labute approximate surface area is 125 Å². The van der Waals surface area contributed by atoms with Crippen molar-refractivity contribution in [3.8, 4) is 0 Å². The molecule has 0 aromatic heterocycles. The van der Waals surface area contributed by atoms with E-state index in [-0.39, 0.29) is 11.3 Å². The first-order chi connectivity index (χ1) is 9.86. The van der Waals surface area contributed by atoms with Gasteiger partial charge in [0.25, 0.3) is 0 Å². The third-order valence-corrected chi connectivity index (χ3v) is 3.61. The standard InChI is InChI=1S/C14H18F3NO2S/c1-21-8-4-2-3-7-18-12-6-5-10(14(15,16)17)9-11(12)13(19)20/h5-6,9,18H,2-4,7-8H2,1H3,(H,19,20). The Morgan fingerprint density at radius 1 is 1.29 bits per heavy atom. The lowest BCUT2D eigenvalue weighted by molar-refractivity contribution is -0.137. The largest absolute Gasteiger partial charge is 0.478 e. The second kappa shape index (κ2) is 8.17. The van der Waals surface area contributed by atoms with Crippen LogP contribution in [0.25, 0.3) is 0 Å². The molecule has 1 aromatic carbocycles. The highest BCUT2D eigenvalue weighted by molar-refractivity contribution is 7.98. The van der Waals surface area contributed by atoms with Crippen LogP contribution >= 0.6 is 11.8 Å². The fourth-order valence-electron chi connectivity index (χ4n) is 1.82. The third-order valence-electron chi connectivity index (χ3n) is 2.92. The molecule has 0 atom stereocenters. The minimum atomic E-state index is -4.54. The van der Waals surface area contributed by atoms with E-state index in [2.05, 4.69) is 5.32 Å². The molecule has 0 spiro atoms. The summed E-state index contributed by atoms with van der Waals surface area (Å²) in [4.78, 5) is 11.1. The second-order valence-electron chi connectivity index (χ2n) is 4.54. The molecule has 21 heavy (non-hydrogen) atoms. The molecule has 0 aliphatic carbocycles. The van der Waals surface area contributed by atoms with Crippen LogP contribution in [0, 0.1) is 0 Å². The molecule has 0 saturated heterocycles. The van der Waals surface area contributed by atoms with Crippen LogP contribution in [0.3, 0.4) is 0 Å². The number of unbranched alkanes of at least 4 members (excludes halogenated alkanes) is 2. The molecular weight excluding hydrogens is 303 g/mol. The number of hydrogen-bond donors (Lipinski definition) is 2. The molecule has 7 heteroatoms. The van der Waals surface area contributed by atoms with Crippen LogP contribution in [0.15, 0.2) is 18.2 Å². The van der Waals surface area contributed by atoms with E-state index < -0.39 is 17.7 Å². The van der Waals surface area contributed by atoms with Gasteiger partial charge in [0.2, 0.25) is 0 Å². The predicted octanol–water partition coefficient (Wildman–Crippen LogP) is 4.35. The zero-order valence-corrected chi connectivity index (χ0v) is 12.5. The van der Waals surface area contributed by atoms with Crippen molar-refractivity contribution in [2.24, 2.45) is 0 Å². The van der Waals surface area contributed by atoms with Gasteiger partial charge in [-0.3, -0.25) is 0 Å². The predicted molar refractivity (Wildman–Crippen MR) is 79.1 cm³/mol. The average molecular weight is 321 g/mol. The van der Waals surface area contributed by atoms with Crippen LogP contribution in [0.5, 0.6) is 0 Å². The van der Waals surface area contributed by atoms with E-state index in [1.807, 2.05) is 6.26 Å². The number of nitrogens with one attached hydrogen (secondary N) is 1. The Balaban J connectivity index is 2.67. The van der Waals surface area contributed by atoms with E-state index in [1.165, 1.54) is 6.07 Å². The fourth-order valence-corrected chi connectivity index (χ4v) is 2.32. The van der Waals surface area contributed by atoms with Crippen molar-refractivity contribution in [3.05, 3.63) is 29.3 Å². The molecule has 3 nitrogen and oxygen atoms in total. The van der Waals surface area contributed by atoms with Crippen LogP contribution in [0.2, 0.25) is 0 Å². The number of thioether (sulfide) groups is 1. The molecule has 0 aliphatic rings. The molecule has 118 valence electrons. The summed E-state index contributed by atoms with van der Waals surface area (Å²) < 4.78 is 37.7. The van der Waals surface area contributed by atoms with Crippen molar-refractivity contribution in [3.63, 3.8) is 0 Å². The number of alkyl halides is 3. The summed E-state index contributed by atoms with van der Waals surface area (Å²) in [6, 6.07) is 2.73. The SMILES string of the molecule is CSCCCCCNc1ccc(C(F)(F)F)cc1C(=O)O. The van der Waals surface area contributed by atoms with Gasteiger partial charge in [-0.2, -0.15) is 24.9 Å². The molecule has 0 radical (unpaired) electrons. The van der Waals surface area contributed by atoms with Gasteiger partial charge >= 0.3 is 12.1 Å². The normalized spacial score (nSPS) is 11.4. The van der Waals surface area contributed by atoms with Crippen LogP contribution in [0.1, 0.15) is 35.2 Å². The van der Waals surface area contributed by atoms with Gasteiger partial charge in [-0.15, -0.1) is 0 Å². The van der Waals surface area contributed by atoms with Crippen molar-refractivity contribution in [2.75, 3.05) is 23.9 Å². The summed E-state index contributed by atoms with van der Waals surface area (Å²) >= 11 is 1.76. The molecular formula is C14H18F3NO2S. The fraction of sp³-hybridized carbons (Fsp3) is 0.500. The number of hydrogen-bond acceptors (Lipinski definition) is 3. The van der Waals surface area contributed by atoms with Gasteiger partial charge in [-0.05, 0) is 43.0 Å². The third kappa shape index (κ3) is 5.87. The number of rotatable bonds is 8. The molecule has 1 rings (SSSR count). The lowest BCUT2D eigenvalue weighted by atomic mass is 10.1. The highest BCUT2D eigenvalue weighted by atomic mass is 32.2. The molecule has 2 N–H and O–H groups in total. The van der Waals surface area contributed by atoms with Crippen LogP contribution < -0.4 is 5.32 Å². The Morgan fingerprint density at radius 3 is 2.57 bits per heavy atom. The van der Waals surface area contributed by atoms with Gasteiger partial charge in [0.05, 0.1) is 11.1 Å². The zero-order valence-electron chi connectivity index (χ0n) is 11.7. The van der Waals surface area contributed by atoms with Gasteiger partial charge in [0, 0.05) is 12.2 Å². The van der Waals surface area contributed by atoms with Gasteiger partial charge in [-0.1, -0.05) is 6.42 Å². The number of halogens is 3. The monoisotopic (exact) mass is 321 g/mol. The summed E-state index contributed by atoms with van der Waals surface area (Å²) in [5.74, 6) is -0.299. The molecule has 0 unspecified atom stereocenters. The number of anilines is 1. The van der Waals surface area contributed by atoms with Crippen molar-refractivity contribution in [1.82, 2.24) is 0 Å². The lowest BCUT2D eigenvalue weighted by Gasteiger charge is -2.13. The second-order valence-corrected chi connectivity index (χ2v) is 5.53. The van der Waals surface area contributed by atoms with E-state index >= 15 is 0 Å². The first kappa shape index (κ1) is 17.7. The summed E-state index contributed by atoms with van der Waals surface area (Å²) in [6.45, 7) is 0.542. The Bertz CT molecular complexity index is 478. The topological polar surface area (TPSA) is 49.3 Å². The van der Waals surface area contributed by atoms with Gasteiger partial charge in [0.15, 0.2) is 0 Å². The van der Waals surface area contributed by atoms with E-state index in [1.54, 1.807) is 11.8 Å². The number of carboxylic acids is 1. The minimum Gasteiger partial charge on any atom is -0.478 e. The molecule has 0 fully saturated rings. The van der Waals surface area contributed by atoms with E-state index in [0.717, 1.165) is 31.1 Å². The summed E-state index contributed by atoms with van der Waals surface area (Å²) in [5, 5.41) is 11.9. The maximum absolute atomic E-state index is 12.6. The quantitative estimate of drug-likeness (QED) is 0.699. The van der Waals surface area contributed by atoms with Gasteiger partial charge < -0.3 is 10.4 Å². The van der Waals surface area contributed by atoms with Crippen molar-refractivity contribution < 1.29 is 23.1 Å². The highest BCUT2D eigenvalue weighted by Gasteiger charge is 2.31. The Morgan fingerprint density at radius 2 is 2.00 bits per heavy atom. The summed E-state index contributed by atoms with van der Waals surface area (Å²) in [7, 11) is 0. The molecule has 1 aromatic rings. The molecule has 0 amide bonds. The smallest absolute Gasteiger partial charge is 0.416 e. The highest BCUT2D eigenvalue weighted by Crippen LogP contribution is 2.31. The van der Waals surface area contributed by atoms with Crippen molar-refractivity contribution in [2.45, 2.75) is 25.4 Å². The average Bonchev–Trinajstić information content (AvgIpc) is 2.41. The van der Waals surface area contributed by atoms with Crippen molar-refractivity contribution in [1.29, 1.82) is 0 Å². The first-order valence-electron chi connectivity index (χ1n) is 6.53. The van der Waals surface area contributed by atoms with E-state index in [4.69, 9.17) is 5.11 Å². The minimum absolute atomic E-state index is 0.223. The first-order valence-corrected chi connectivity index (χ1v) is 7.93. The zero-order chi connectivity index (χ0) is 15.9. The van der Waals surface area contributed by atoms with Crippen LogP contribution in [-0.4, -0.2) is 29.6 Å². The molecule has 0 aliphatic heterocycles. The van der Waals surface area contributed by atoms with Gasteiger partial charge in [0.1, 0.15) is 0 Å². The number of benzene rings is 1. The Hall–Kier alpha value is -1.37. The summed E-state index contributed by atoms with van der Waals surface area (Å²) in [6.07, 6.45) is 0.402. The van der Waals surface area contributed by atoms with Gasteiger partial charge in [-0.25, -0.2) is 4.79 Å². The van der Waals surface area contributed by atoms with E-state index in [0.29, 0.717) is 12.6 Å². The maximum atomic E-state index is 12.6. The van der Waals surface area contributed by atoms with Crippen molar-refractivity contribution >= 4 is 23.4 Å². The van der Waals surface area contributed by atoms with Crippen LogP contribution in [0.4, 0.5) is 18.9 Å². The summed E-state index contributed by atoms with van der Waals surface area (Å²) in [5.41, 5.74) is -1.08. The number of aromatic carboxylic acids is 1. The molecule has 0 saturated carbocycles. The molecule has 0 bridgehead atoms. The van der Waals surface area contributed by atoms with Crippen LogP contribution in [-0.2, 0) is 6.18 Å². The maximum Gasteiger partial charge on any atom is 0.416 e. The number of carboxylic acid groups (broad SMARTS) is 1. The Kier molecular flexibility index (Phi) is 6.87. The molecule has 0 heterocycles. The van der Waals surface area contributed by atoms with E-state index in [9.17, 15) is 18.0 Å². The lowest BCUT2D eigenvalue weighted by Crippen LogP contribution is -2.11.